The first-order chi connectivity index (χ1) is 14.1. The highest BCUT2D eigenvalue weighted by molar-refractivity contribution is 6.45. The highest BCUT2D eigenvalue weighted by Crippen LogP contribution is 2.24. The van der Waals surface area contributed by atoms with Gasteiger partial charge in [0.1, 0.15) is 0 Å². The maximum atomic E-state index is 12.9. The van der Waals surface area contributed by atoms with Crippen LogP contribution >= 0.6 is 0 Å². The van der Waals surface area contributed by atoms with Crippen LogP contribution in [0.4, 0.5) is 5.69 Å². The summed E-state index contributed by atoms with van der Waals surface area (Å²) in [6.07, 6.45) is 3.79. The molecule has 0 unspecified atom stereocenters. The molecule has 0 aliphatic carbocycles. The molecule has 0 N–H and O–H groups in total. The van der Waals surface area contributed by atoms with Crippen LogP contribution in [0.25, 0.3) is 0 Å². The van der Waals surface area contributed by atoms with Gasteiger partial charge in [-0.3, -0.25) is 4.79 Å². The number of benzene rings is 2. The molecular weight excluding hydrogens is 362 g/mol. The highest BCUT2D eigenvalue weighted by Gasteiger charge is 2.17. The van der Waals surface area contributed by atoms with E-state index in [0.717, 1.165) is 35.2 Å². The van der Waals surface area contributed by atoms with Crippen molar-refractivity contribution in [3.8, 4) is 0 Å². The van der Waals surface area contributed by atoms with Crippen LogP contribution in [0, 0.1) is 13.8 Å². The van der Waals surface area contributed by atoms with Crippen molar-refractivity contribution >= 4 is 17.2 Å². The predicted octanol–water partition coefficient (Wildman–Crippen LogP) is 6.24. The van der Waals surface area contributed by atoms with Gasteiger partial charge in [0.15, 0.2) is 5.76 Å². The Bertz CT molecular complexity index is 923. The van der Waals surface area contributed by atoms with Crippen LogP contribution in [0.15, 0.2) is 76.3 Å². The standard InChI is InChI=1S/C25H27NO3/c1-19-10-8-11-20(2)24(19)26-22(25(27)23-15-9-17-29-23)14-6-7-16-28-18-21-12-4-3-5-13-21/h3-5,8-13,15,17H,6-7,14,16,18H2,1-2H3. The van der Waals surface area contributed by atoms with Crippen LogP contribution in [0.1, 0.15) is 46.5 Å². The smallest absolute Gasteiger partial charge is 0.242 e. The molecule has 0 radical (unpaired) electrons. The lowest BCUT2D eigenvalue weighted by atomic mass is 10.1. The van der Waals surface area contributed by atoms with Crippen LogP contribution in [-0.4, -0.2) is 18.1 Å². The average Bonchev–Trinajstić information content (AvgIpc) is 3.27. The summed E-state index contributed by atoms with van der Waals surface area (Å²) >= 11 is 0. The molecule has 0 bridgehead atoms. The molecule has 1 heterocycles. The summed E-state index contributed by atoms with van der Waals surface area (Å²) in [6.45, 7) is 5.28. The third-order valence-electron chi connectivity index (χ3n) is 4.76. The average molecular weight is 389 g/mol. The Morgan fingerprint density at radius 2 is 1.69 bits per heavy atom. The summed E-state index contributed by atoms with van der Waals surface area (Å²) in [5.74, 6) is 0.179. The summed E-state index contributed by atoms with van der Waals surface area (Å²) < 4.78 is 11.1. The molecule has 0 spiro atoms. The summed E-state index contributed by atoms with van der Waals surface area (Å²) in [7, 11) is 0. The Labute approximate surface area is 172 Å². The quantitative estimate of drug-likeness (QED) is 0.234. The minimum Gasteiger partial charge on any atom is -0.461 e. The first-order valence-corrected chi connectivity index (χ1v) is 9.99. The van der Waals surface area contributed by atoms with Crippen molar-refractivity contribution < 1.29 is 13.9 Å². The zero-order valence-electron chi connectivity index (χ0n) is 17.1. The molecule has 4 nitrogen and oxygen atoms in total. The monoisotopic (exact) mass is 389 g/mol. The van der Waals surface area contributed by atoms with Crippen molar-refractivity contribution in [2.45, 2.75) is 39.7 Å². The number of carbonyl (C=O) groups is 1. The summed E-state index contributed by atoms with van der Waals surface area (Å²) in [5.41, 5.74) is 4.67. The van der Waals surface area contributed by atoms with E-state index >= 15 is 0 Å². The van der Waals surface area contributed by atoms with Crippen LogP contribution in [0.3, 0.4) is 0 Å². The van der Waals surface area contributed by atoms with E-state index < -0.39 is 0 Å². The predicted molar refractivity (Wildman–Crippen MR) is 116 cm³/mol. The van der Waals surface area contributed by atoms with Gasteiger partial charge in [-0.25, -0.2) is 4.99 Å². The second-order valence-electron chi connectivity index (χ2n) is 7.10. The largest absolute Gasteiger partial charge is 0.461 e. The summed E-state index contributed by atoms with van der Waals surface area (Å²) in [5, 5.41) is 0. The number of ketones is 1. The van der Waals surface area contributed by atoms with Crippen LogP contribution in [0.5, 0.6) is 0 Å². The fourth-order valence-corrected chi connectivity index (χ4v) is 3.15. The van der Waals surface area contributed by atoms with E-state index in [9.17, 15) is 4.79 Å². The van der Waals surface area contributed by atoms with Crippen LogP contribution in [0.2, 0.25) is 0 Å². The molecule has 2 aromatic carbocycles. The number of Topliss-reactive ketones (excluding diaryl/α,β-unsaturated/α-hetero) is 1. The minimum absolute atomic E-state index is 0.150. The lowest BCUT2D eigenvalue weighted by Gasteiger charge is -2.09. The van der Waals surface area contributed by atoms with Gasteiger partial charge in [0, 0.05) is 6.61 Å². The molecule has 0 atom stereocenters. The zero-order chi connectivity index (χ0) is 20.5. The number of carbonyl (C=O) groups excluding carboxylic acids is 1. The molecule has 0 aliphatic rings. The van der Waals surface area contributed by atoms with Crippen molar-refractivity contribution in [2.24, 2.45) is 4.99 Å². The molecule has 0 fully saturated rings. The molecule has 0 amide bonds. The molecule has 0 saturated heterocycles. The number of ether oxygens (including phenoxy) is 1. The fourth-order valence-electron chi connectivity index (χ4n) is 3.15. The minimum atomic E-state index is -0.150. The number of aryl methyl sites for hydroxylation is 2. The van der Waals surface area contributed by atoms with Gasteiger partial charge in [0.25, 0.3) is 0 Å². The third kappa shape index (κ3) is 6.00. The summed E-state index contributed by atoms with van der Waals surface area (Å²) in [6, 6.07) is 19.6. The Hall–Kier alpha value is -2.98. The molecular formula is C25H27NO3. The van der Waals surface area contributed by atoms with Gasteiger partial charge in [0.2, 0.25) is 5.78 Å². The van der Waals surface area contributed by atoms with Gasteiger partial charge in [0.05, 0.1) is 24.3 Å². The van der Waals surface area contributed by atoms with E-state index in [1.807, 2.05) is 50.2 Å². The molecule has 150 valence electrons. The van der Waals surface area contributed by atoms with E-state index in [-0.39, 0.29) is 5.78 Å². The van der Waals surface area contributed by atoms with E-state index in [4.69, 9.17) is 14.1 Å². The van der Waals surface area contributed by atoms with Crippen molar-refractivity contribution in [1.82, 2.24) is 0 Å². The first-order valence-electron chi connectivity index (χ1n) is 9.99. The van der Waals surface area contributed by atoms with E-state index in [1.54, 1.807) is 12.1 Å². The van der Waals surface area contributed by atoms with Gasteiger partial charge in [-0.05, 0) is 61.9 Å². The molecule has 0 aliphatic heterocycles. The van der Waals surface area contributed by atoms with Crippen molar-refractivity contribution in [3.63, 3.8) is 0 Å². The molecule has 29 heavy (non-hydrogen) atoms. The SMILES string of the molecule is Cc1cccc(C)c1N=C(CCCCOCc1ccccc1)C(=O)c1ccco1. The lowest BCUT2D eigenvalue weighted by molar-refractivity contribution is 0.103. The van der Waals surface area contributed by atoms with Crippen molar-refractivity contribution in [2.75, 3.05) is 6.61 Å². The number of rotatable bonds is 10. The highest BCUT2D eigenvalue weighted by atomic mass is 16.5. The van der Waals surface area contributed by atoms with Gasteiger partial charge in [-0.1, -0.05) is 48.5 Å². The van der Waals surface area contributed by atoms with Crippen LogP contribution in [-0.2, 0) is 11.3 Å². The van der Waals surface area contributed by atoms with Gasteiger partial charge in [-0.2, -0.15) is 0 Å². The Kier molecular flexibility index (Phi) is 7.54. The summed E-state index contributed by atoms with van der Waals surface area (Å²) in [4.78, 5) is 17.6. The molecule has 1 aromatic heterocycles. The van der Waals surface area contributed by atoms with Crippen molar-refractivity contribution in [3.05, 3.63) is 89.4 Å². The first kappa shape index (κ1) is 20.7. The maximum absolute atomic E-state index is 12.9. The fraction of sp³-hybridized carbons (Fsp3) is 0.280. The van der Waals surface area contributed by atoms with Crippen molar-refractivity contribution in [1.29, 1.82) is 0 Å². The molecule has 3 rings (SSSR count). The third-order valence-corrected chi connectivity index (χ3v) is 4.76. The zero-order valence-corrected chi connectivity index (χ0v) is 17.1. The number of unbranched alkanes of at least 4 members (excludes halogenated alkanes) is 1. The lowest BCUT2D eigenvalue weighted by Crippen LogP contribution is -2.14. The topological polar surface area (TPSA) is 51.8 Å². The Morgan fingerprint density at radius 1 is 0.931 bits per heavy atom. The second kappa shape index (κ2) is 10.5. The number of aliphatic imine (C=N–C) groups is 1. The molecule has 3 aromatic rings. The van der Waals surface area contributed by atoms with E-state index in [1.165, 1.54) is 6.26 Å². The van der Waals surface area contributed by atoms with E-state index in [2.05, 4.69) is 12.1 Å². The number of furan rings is 1. The van der Waals surface area contributed by atoms with Crippen LogP contribution < -0.4 is 0 Å². The number of nitrogens with zero attached hydrogens (tertiary/aromatic N) is 1. The Morgan fingerprint density at radius 3 is 2.38 bits per heavy atom. The molecule has 0 saturated carbocycles. The Balaban J connectivity index is 1.61. The number of hydrogen-bond acceptors (Lipinski definition) is 4. The van der Waals surface area contributed by atoms with Gasteiger partial charge >= 0.3 is 0 Å². The normalized spacial score (nSPS) is 11.6. The maximum Gasteiger partial charge on any atom is 0.242 e. The van der Waals surface area contributed by atoms with Gasteiger partial charge in [-0.15, -0.1) is 0 Å². The second-order valence-corrected chi connectivity index (χ2v) is 7.10. The number of para-hydroxylation sites is 1. The molecule has 4 heteroatoms. The van der Waals surface area contributed by atoms with Gasteiger partial charge < -0.3 is 9.15 Å². The van der Waals surface area contributed by atoms with E-state index in [0.29, 0.717) is 31.1 Å². The number of hydrogen-bond donors (Lipinski definition) is 0.